The Balaban J connectivity index is 1.21. The molecule has 0 atom stereocenters. The molecule has 43 heavy (non-hydrogen) atoms. The fraction of sp³-hybridized carbons (Fsp3) is 0.156. The summed E-state index contributed by atoms with van der Waals surface area (Å²) in [4.78, 5) is 58.9. The largest absolute Gasteiger partial charge is 0.487 e. The summed E-state index contributed by atoms with van der Waals surface area (Å²) in [5.74, 6) is -0.110. The number of nitrogens with two attached hydrogens (primary N) is 1. The lowest BCUT2D eigenvalue weighted by molar-refractivity contribution is 0.0939. The highest BCUT2D eigenvalue weighted by molar-refractivity contribution is 6.30. The molecule has 0 spiro atoms. The summed E-state index contributed by atoms with van der Waals surface area (Å²) in [7, 11) is 0. The number of amides is 1. The van der Waals surface area contributed by atoms with Gasteiger partial charge in [-0.2, -0.15) is 0 Å². The molecule has 0 bridgehead atoms. The van der Waals surface area contributed by atoms with Crippen LogP contribution in [-0.2, 0) is 26.1 Å². The first-order valence-corrected chi connectivity index (χ1v) is 14.0. The molecule has 4 aromatic carbocycles. The second kappa shape index (κ2) is 11.6. The maximum Gasteiger partial charge on any atom is 0.287 e. The predicted octanol–water partition coefficient (Wildman–Crippen LogP) is 3.34. The average molecular weight is 596 g/mol. The van der Waals surface area contributed by atoms with E-state index in [-0.39, 0.29) is 35.9 Å². The smallest absolute Gasteiger partial charge is 0.287 e. The summed E-state index contributed by atoms with van der Waals surface area (Å²) < 4.78 is 5.88. The van der Waals surface area contributed by atoms with Crippen LogP contribution in [0.4, 0.5) is 11.4 Å². The zero-order valence-electron chi connectivity index (χ0n) is 22.9. The van der Waals surface area contributed by atoms with Gasteiger partial charge >= 0.3 is 0 Å². The zero-order chi connectivity index (χ0) is 30.1. The molecule has 2 heterocycles. The minimum Gasteiger partial charge on any atom is -0.487 e. The first kappa shape index (κ1) is 27.9. The van der Waals surface area contributed by atoms with Gasteiger partial charge in [-0.3, -0.25) is 19.2 Å². The summed E-state index contributed by atoms with van der Waals surface area (Å²) in [5, 5.41) is 3.34. The normalized spacial score (nSPS) is 12.6. The van der Waals surface area contributed by atoms with Gasteiger partial charge in [-0.05, 0) is 52.9 Å². The summed E-state index contributed by atoms with van der Waals surface area (Å²) in [6, 6.07) is 21.7. The lowest BCUT2D eigenvalue weighted by atomic mass is 9.96. The van der Waals surface area contributed by atoms with Crippen molar-refractivity contribution in [2.24, 2.45) is 0 Å². The Kier molecular flexibility index (Phi) is 7.52. The van der Waals surface area contributed by atoms with E-state index in [9.17, 15) is 19.2 Å². The van der Waals surface area contributed by atoms with Crippen LogP contribution in [0.1, 0.15) is 33.0 Å². The van der Waals surface area contributed by atoms with E-state index in [0.29, 0.717) is 41.5 Å². The van der Waals surface area contributed by atoms with Crippen molar-refractivity contribution in [2.75, 3.05) is 17.2 Å². The van der Waals surface area contributed by atoms with Crippen LogP contribution in [0.3, 0.4) is 0 Å². The van der Waals surface area contributed by atoms with E-state index in [0.717, 1.165) is 16.7 Å². The summed E-state index contributed by atoms with van der Waals surface area (Å²) in [6.07, 6.45) is 0.694. The lowest BCUT2D eigenvalue weighted by Crippen LogP contribution is -2.44. The minimum absolute atomic E-state index is 0.00831. The SMILES string of the molecule is Nc1c(N2CCc3ccc(CNC(=O)c4nc(COc5ccccc5)c(-c5ccc(Cl)cc5)c(=O)[nH]4)cc3C2)c(=O)c1=O. The number of nitrogens with zero attached hydrogens (tertiary/aromatic N) is 2. The van der Waals surface area contributed by atoms with Crippen molar-refractivity contribution in [1.82, 2.24) is 15.3 Å². The molecular weight excluding hydrogens is 570 g/mol. The number of fused-ring (bicyclic) bond motifs is 1. The van der Waals surface area contributed by atoms with E-state index in [4.69, 9.17) is 22.1 Å². The molecule has 0 aliphatic carbocycles. The van der Waals surface area contributed by atoms with Crippen molar-refractivity contribution >= 4 is 28.9 Å². The molecule has 0 saturated heterocycles. The number of H-pyrrole nitrogens is 1. The van der Waals surface area contributed by atoms with E-state index in [2.05, 4.69) is 15.3 Å². The van der Waals surface area contributed by atoms with Gasteiger partial charge in [-0.15, -0.1) is 0 Å². The number of para-hydroxylation sites is 1. The minimum atomic E-state index is -0.639. The number of ether oxygens (including phenoxy) is 1. The first-order valence-electron chi connectivity index (χ1n) is 13.6. The number of hydrogen-bond donors (Lipinski definition) is 3. The second-order valence-corrected chi connectivity index (χ2v) is 10.7. The Hall–Kier alpha value is -5.22. The van der Waals surface area contributed by atoms with Crippen LogP contribution < -0.4 is 37.1 Å². The van der Waals surface area contributed by atoms with Gasteiger partial charge in [0.25, 0.3) is 22.3 Å². The number of anilines is 2. The number of nitrogen functional groups attached to an aromatic ring is 1. The van der Waals surface area contributed by atoms with Crippen molar-refractivity contribution in [3.8, 4) is 16.9 Å². The number of benzene rings is 3. The van der Waals surface area contributed by atoms with Gasteiger partial charge in [-0.1, -0.05) is 60.1 Å². The summed E-state index contributed by atoms with van der Waals surface area (Å²) >= 11 is 6.04. The molecule has 1 aliphatic heterocycles. The van der Waals surface area contributed by atoms with E-state index in [1.807, 2.05) is 41.3 Å². The summed E-state index contributed by atoms with van der Waals surface area (Å²) in [5.41, 5.74) is 8.46. The van der Waals surface area contributed by atoms with Crippen LogP contribution >= 0.6 is 11.6 Å². The van der Waals surface area contributed by atoms with Crippen LogP contribution in [0.2, 0.25) is 5.02 Å². The highest BCUT2D eigenvalue weighted by Gasteiger charge is 2.27. The van der Waals surface area contributed by atoms with Crippen molar-refractivity contribution in [3.05, 3.63) is 137 Å². The molecule has 1 amide bonds. The predicted molar refractivity (Wildman–Crippen MR) is 164 cm³/mol. The maximum atomic E-state index is 13.3. The standard InChI is InChI=1S/C32H26ClN5O5/c33-22-10-8-20(9-11-22)25-24(17-43-23-4-2-1-3-5-23)36-30(37-31(25)41)32(42)35-15-18-6-7-19-12-13-38(16-21(19)14-18)27-26(34)28(39)29(27)40/h1-11,14H,12-13,15-17,34H2,(H,35,42)(H,36,37,41). The third-order valence-corrected chi connectivity index (χ3v) is 7.69. The quantitative estimate of drug-likeness (QED) is 0.231. The molecular formula is C32H26ClN5O5. The van der Waals surface area contributed by atoms with Crippen molar-refractivity contribution in [2.45, 2.75) is 26.1 Å². The zero-order valence-corrected chi connectivity index (χ0v) is 23.6. The lowest BCUT2D eigenvalue weighted by Gasteiger charge is -2.32. The molecule has 216 valence electrons. The van der Waals surface area contributed by atoms with E-state index >= 15 is 0 Å². The van der Waals surface area contributed by atoms with E-state index in [1.165, 1.54) is 0 Å². The number of carbonyl (C=O) groups excluding carboxylic acids is 1. The highest BCUT2D eigenvalue weighted by Crippen LogP contribution is 2.27. The van der Waals surface area contributed by atoms with Gasteiger partial charge in [0, 0.05) is 24.7 Å². The molecule has 0 fully saturated rings. The highest BCUT2D eigenvalue weighted by atomic mass is 35.5. The summed E-state index contributed by atoms with van der Waals surface area (Å²) in [6.45, 7) is 1.15. The van der Waals surface area contributed by atoms with Gasteiger partial charge in [0.2, 0.25) is 0 Å². The van der Waals surface area contributed by atoms with Crippen LogP contribution in [0, 0.1) is 0 Å². The van der Waals surface area contributed by atoms with Crippen molar-refractivity contribution < 1.29 is 9.53 Å². The van der Waals surface area contributed by atoms with Gasteiger partial charge in [0.1, 0.15) is 23.7 Å². The molecule has 6 rings (SSSR count). The third-order valence-electron chi connectivity index (χ3n) is 7.43. The molecule has 1 aliphatic rings. The van der Waals surface area contributed by atoms with Gasteiger partial charge in [-0.25, -0.2) is 4.98 Å². The van der Waals surface area contributed by atoms with Crippen LogP contribution in [-0.4, -0.2) is 22.4 Å². The molecule has 4 N–H and O–H groups in total. The van der Waals surface area contributed by atoms with Gasteiger partial charge < -0.3 is 25.7 Å². The number of aromatic amines is 1. The van der Waals surface area contributed by atoms with Gasteiger partial charge in [0.15, 0.2) is 5.82 Å². The number of carbonyl (C=O) groups is 1. The molecule has 10 nitrogen and oxygen atoms in total. The molecule has 11 heteroatoms. The number of nitrogens with one attached hydrogen (secondary N) is 2. The number of halogens is 1. The molecule has 5 aromatic rings. The Morgan fingerprint density at radius 3 is 2.51 bits per heavy atom. The van der Waals surface area contributed by atoms with Crippen LogP contribution in [0.15, 0.2) is 87.2 Å². The molecule has 0 radical (unpaired) electrons. The number of aromatic nitrogens is 2. The van der Waals surface area contributed by atoms with Crippen molar-refractivity contribution in [1.29, 1.82) is 0 Å². The Labute approximate surface area is 250 Å². The monoisotopic (exact) mass is 595 g/mol. The Morgan fingerprint density at radius 1 is 1.00 bits per heavy atom. The first-order chi connectivity index (χ1) is 20.8. The molecule has 0 saturated carbocycles. The Bertz CT molecular complexity index is 1960. The molecule has 0 unspecified atom stereocenters. The molecule has 1 aromatic heterocycles. The fourth-order valence-corrected chi connectivity index (χ4v) is 5.33. The Morgan fingerprint density at radius 2 is 1.77 bits per heavy atom. The topological polar surface area (TPSA) is 147 Å². The average Bonchev–Trinajstić information content (AvgIpc) is 3.03. The third kappa shape index (κ3) is 5.64. The number of rotatable bonds is 8. The fourth-order valence-electron chi connectivity index (χ4n) is 5.20. The maximum absolute atomic E-state index is 13.3. The second-order valence-electron chi connectivity index (χ2n) is 10.2. The van der Waals surface area contributed by atoms with Crippen LogP contribution in [0.5, 0.6) is 5.75 Å². The van der Waals surface area contributed by atoms with Crippen molar-refractivity contribution in [3.63, 3.8) is 0 Å². The number of hydrogen-bond acceptors (Lipinski definition) is 8. The van der Waals surface area contributed by atoms with E-state index in [1.54, 1.807) is 36.4 Å². The van der Waals surface area contributed by atoms with E-state index < -0.39 is 22.3 Å². The van der Waals surface area contributed by atoms with Gasteiger partial charge in [0.05, 0.1) is 11.3 Å². The van der Waals surface area contributed by atoms with Crippen LogP contribution in [0.25, 0.3) is 11.1 Å².